The van der Waals surface area contributed by atoms with Crippen LogP contribution in [-0.2, 0) is 6.42 Å². The van der Waals surface area contributed by atoms with Crippen molar-refractivity contribution >= 4 is 16.7 Å². The number of nitrogens with zero attached hydrogens (tertiary/aromatic N) is 2. The second-order valence-corrected chi connectivity index (χ2v) is 5.74. The van der Waals surface area contributed by atoms with Crippen LogP contribution in [0.3, 0.4) is 0 Å². The molecule has 96 valence electrons. The standard InChI is InChI=1S/C13H23N3S/c1-2-6-12-15-13(17-16-12)14-10-9-11-7-4-3-5-8-11/h11H,2-10H2,1H3,(H,14,15,16). The minimum Gasteiger partial charge on any atom is -0.360 e. The average Bonchev–Trinajstić information content (AvgIpc) is 2.79. The van der Waals surface area contributed by atoms with Crippen molar-refractivity contribution in [3.8, 4) is 0 Å². The highest BCUT2D eigenvalue weighted by atomic mass is 32.1. The molecule has 1 aromatic rings. The number of aromatic nitrogens is 2. The Morgan fingerprint density at radius 3 is 2.88 bits per heavy atom. The van der Waals surface area contributed by atoms with Crippen LogP contribution in [0.5, 0.6) is 0 Å². The highest BCUT2D eigenvalue weighted by Gasteiger charge is 2.13. The molecule has 0 amide bonds. The molecule has 0 aliphatic heterocycles. The molecule has 0 unspecified atom stereocenters. The van der Waals surface area contributed by atoms with E-state index in [1.807, 2.05) is 0 Å². The predicted molar refractivity (Wildman–Crippen MR) is 73.6 cm³/mol. The summed E-state index contributed by atoms with van der Waals surface area (Å²) in [7, 11) is 0. The smallest absolute Gasteiger partial charge is 0.202 e. The number of anilines is 1. The van der Waals surface area contributed by atoms with E-state index in [-0.39, 0.29) is 0 Å². The molecule has 17 heavy (non-hydrogen) atoms. The van der Waals surface area contributed by atoms with Gasteiger partial charge in [0.1, 0.15) is 5.82 Å². The largest absolute Gasteiger partial charge is 0.360 e. The van der Waals surface area contributed by atoms with E-state index in [9.17, 15) is 0 Å². The summed E-state index contributed by atoms with van der Waals surface area (Å²) in [6, 6.07) is 0. The molecule has 4 heteroatoms. The van der Waals surface area contributed by atoms with Crippen molar-refractivity contribution < 1.29 is 0 Å². The molecule has 0 saturated heterocycles. The highest BCUT2D eigenvalue weighted by molar-refractivity contribution is 7.09. The van der Waals surface area contributed by atoms with Gasteiger partial charge in [0.2, 0.25) is 5.13 Å². The SMILES string of the molecule is CCCc1nsc(NCCC2CCCCC2)n1. The van der Waals surface area contributed by atoms with Gasteiger partial charge in [0.05, 0.1) is 0 Å². The van der Waals surface area contributed by atoms with Crippen molar-refractivity contribution in [3.05, 3.63) is 5.82 Å². The van der Waals surface area contributed by atoms with Gasteiger partial charge in [-0.2, -0.15) is 4.37 Å². The molecule has 0 aromatic carbocycles. The Hall–Kier alpha value is -0.640. The van der Waals surface area contributed by atoms with E-state index in [1.165, 1.54) is 50.1 Å². The number of hydrogen-bond acceptors (Lipinski definition) is 4. The first-order valence-corrected chi connectivity index (χ1v) is 7.72. The first kappa shape index (κ1) is 12.8. The quantitative estimate of drug-likeness (QED) is 0.836. The fourth-order valence-corrected chi connectivity index (χ4v) is 3.15. The number of aryl methyl sites for hydroxylation is 1. The van der Waals surface area contributed by atoms with Crippen LogP contribution in [0.1, 0.15) is 57.7 Å². The van der Waals surface area contributed by atoms with Crippen molar-refractivity contribution in [2.75, 3.05) is 11.9 Å². The Kier molecular flexibility index (Phi) is 5.23. The maximum absolute atomic E-state index is 4.48. The first-order valence-electron chi connectivity index (χ1n) is 6.95. The van der Waals surface area contributed by atoms with Crippen molar-refractivity contribution in [3.63, 3.8) is 0 Å². The van der Waals surface area contributed by atoms with Crippen LogP contribution >= 0.6 is 11.5 Å². The van der Waals surface area contributed by atoms with Crippen LogP contribution in [0.15, 0.2) is 0 Å². The normalized spacial score (nSPS) is 17.2. The summed E-state index contributed by atoms with van der Waals surface area (Å²) in [6.07, 6.45) is 10.6. The van der Waals surface area contributed by atoms with Gasteiger partial charge in [-0.1, -0.05) is 39.0 Å². The lowest BCUT2D eigenvalue weighted by Crippen LogP contribution is -2.12. The Balaban J connectivity index is 1.66. The molecule has 1 heterocycles. The van der Waals surface area contributed by atoms with Crippen LogP contribution in [0, 0.1) is 5.92 Å². The first-order chi connectivity index (χ1) is 8.38. The molecule has 0 bridgehead atoms. The molecule has 3 nitrogen and oxygen atoms in total. The van der Waals surface area contributed by atoms with Gasteiger partial charge >= 0.3 is 0 Å². The van der Waals surface area contributed by atoms with Gasteiger partial charge < -0.3 is 5.32 Å². The third kappa shape index (κ3) is 4.26. The Labute approximate surface area is 108 Å². The molecular formula is C13H23N3S. The van der Waals surface area contributed by atoms with Gasteiger partial charge in [0.15, 0.2) is 0 Å². The predicted octanol–water partition coefficient (Wildman–Crippen LogP) is 3.87. The van der Waals surface area contributed by atoms with E-state index >= 15 is 0 Å². The summed E-state index contributed by atoms with van der Waals surface area (Å²) in [4.78, 5) is 4.48. The van der Waals surface area contributed by atoms with E-state index in [0.717, 1.165) is 36.3 Å². The van der Waals surface area contributed by atoms with Gasteiger partial charge in [-0.3, -0.25) is 0 Å². The maximum atomic E-state index is 4.48. The second kappa shape index (κ2) is 6.94. The van der Waals surface area contributed by atoms with E-state index in [0.29, 0.717) is 0 Å². The molecule has 1 aliphatic rings. The summed E-state index contributed by atoms with van der Waals surface area (Å²) >= 11 is 1.50. The van der Waals surface area contributed by atoms with Gasteiger partial charge in [-0.15, -0.1) is 0 Å². The molecule has 0 spiro atoms. The summed E-state index contributed by atoms with van der Waals surface area (Å²) in [5, 5.41) is 4.42. The Morgan fingerprint density at radius 1 is 1.29 bits per heavy atom. The maximum Gasteiger partial charge on any atom is 0.202 e. The zero-order chi connectivity index (χ0) is 11.9. The molecule has 0 radical (unpaired) electrons. The van der Waals surface area contributed by atoms with E-state index in [4.69, 9.17) is 0 Å². The zero-order valence-electron chi connectivity index (χ0n) is 10.7. The van der Waals surface area contributed by atoms with Crippen LogP contribution < -0.4 is 5.32 Å². The highest BCUT2D eigenvalue weighted by Crippen LogP contribution is 2.26. The summed E-state index contributed by atoms with van der Waals surface area (Å²) in [5.74, 6) is 1.94. The van der Waals surface area contributed by atoms with Crippen LogP contribution in [-0.4, -0.2) is 15.9 Å². The van der Waals surface area contributed by atoms with E-state index < -0.39 is 0 Å². The third-order valence-electron chi connectivity index (χ3n) is 3.50. The van der Waals surface area contributed by atoms with E-state index in [1.54, 1.807) is 0 Å². The molecular weight excluding hydrogens is 230 g/mol. The van der Waals surface area contributed by atoms with Gasteiger partial charge in [-0.05, 0) is 18.8 Å². The van der Waals surface area contributed by atoms with Gasteiger partial charge in [-0.25, -0.2) is 4.98 Å². The Bertz CT molecular complexity index is 318. The number of rotatable bonds is 6. The van der Waals surface area contributed by atoms with Crippen LogP contribution in [0.25, 0.3) is 0 Å². The van der Waals surface area contributed by atoms with Crippen LogP contribution in [0.4, 0.5) is 5.13 Å². The fourth-order valence-electron chi connectivity index (χ4n) is 2.51. The second-order valence-electron chi connectivity index (χ2n) is 4.99. The molecule has 1 saturated carbocycles. The molecule has 1 N–H and O–H groups in total. The van der Waals surface area contributed by atoms with Crippen molar-refractivity contribution in [1.82, 2.24) is 9.36 Å². The molecule has 1 fully saturated rings. The van der Waals surface area contributed by atoms with E-state index in [2.05, 4.69) is 21.6 Å². The van der Waals surface area contributed by atoms with Crippen molar-refractivity contribution in [1.29, 1.82) is 0 Å². The van der Waals surface area contributed by atoms with Gasteiger partial charge in [0, 0.05) is 24.5 Å². The monoisotopic (exact) mass is 253 g/mol. The minimum atomic E-state index is 0.944. The molecule has 0 atom stereocenters. The molecule has 2 rings (SSSR count). The zero-order valence-corrected chi connectivity index (χ0v) is 11.6. The molecule has 1 aliphatic carbocycles. The lowest BCUT2D eigenvalue weighted by atomic mass is 9.87. The Morgan fingerprint density at radius 2 is 2.12 bits per heavy atom. The minimum absolute atomic E-state index is 0.944. The molecule has 1 aromatic heterocycles. The topological polar surface area (TPSA) is 37.8 Å². The number of hydrogen-bond donors (Lipinski definition) is 1. The number of nitrogens with one attached hydrogen (secondary N) is 1. The average molecular weight is 253 g/mol. The third-order valence-corrected chi connectivity index (χ3v) is 4.21. The summed E-state index contributed by atoms with van der Waals surface area (Å²) < 4.78 is 4.34. The lowest BCUT2D eigenvalue weighted by Gasteiger charge is -2.21. The summed E-state index contributed by atoms with van der Waals surface area (Å²) in [5.41, 5.74) is 0. The summed E-state index contributed by atoms with van der Waals surface area (Å²) in [6.45, 7) is 3.22. The van der Waals surface area contributed by atoms with Gasteiger partial charge in [0.25, 0.3) is 0 Å². The fraction of sp³-hybridized carbons (Fsp3) is 0.846. The lowest BCUT2D eigenvalue weighted by molar-refractivity contribution is 0.345. The van der Waals surface area contributed by atoms with Crippen molar-refractivity contribution in [2.45, 2.75) is 58.3 Å². The van der Waals surface area contributed by atoms with Crippen LogP contribution in [0.2, 0.25) is 0 Å². The van der Waals surface area contributed by atoms with Crippen molar-refractivity contribution in [2.24, 2.45) is 5.92 Å².